The van der Waals surface area contributed by atoms with Crippen molar-refractivity contribution in [2.45, 2.75) is 58.9 Å². The van der Waals surface area contributed by atoms with Gasteiger partial charge in [-0.3, -0.25) is 0 Å². The Morgan fingerprint density at radius 1 is 1.24 bits per heavy atom. The Kier molecular flexibility index (Phi) is 4.80. The molecule has 1 saturated carbocycles. The first-order valence-corrected chi connectivity index (χ1v) is 7.75. The maximum absolute atomic E-state index is 11.6. The summed E-state index contributed by atoms with van der Waals surface area (Å²) in [4.78, 5) is 13.6. The predicted molar refractivity (Wildman–Crippen MR) is 82.9 cm³/mol. The molecule has 0 amide bonds. The molecule has 1 aliphatic carbocycles. The van der Waals surface area contributed by atoms with Crippen LogP contribution in [-0.2, 0) is 0 Å². The highest BCUT2D eigenvalue weighted by atomic mass is 16.4. The summed E-state index contributed by atoms with van der Waals surface area (Å²) in [5, 5.41) is 17.8. The Bertz CT molecular complexity index is 522. The lowest BCUT2D eigenvalue weighted by atomic mass is 9.84. The SMILES string of the molecule is CCC1CCC(N(C)c2nnc(C)c(C)c2C(=O)O)CC1. The van der Waals surface area contributed by atoms with Crippen molar-refractivity contribution in [3.63, 3.8) is 0 Å². The maximum Gasteiger partial charge on any atom is 0.339 e. The number of hydrogen-bond donors (Lipinski definition) is 1. The molecule has 1 aliphatic rings. The first kappa shape index (κ1) is 15.7. The zero-order valence-electron chi connectivity index (χ0n) is 13.4. The van der Waals surface area contributed by atoms with E-state index < -0.39 is 5.97 Å². The van der Waals surface area contributed by atoms with E-state index in [-0.39, 0.29) is 0 Å². The Morgan fingerprint density at radius 2 is 1.86 bits per heavy atom. The Hall–Kier alpha value is -1.65. The first-order chi connectivity index (χ1) is 9.95. The van der Waals surface area contributed by atoms with Gasteiger partial charge < -0.3 is 10.0 Å². The van der Waals surface area contributed by atoms with Crippen molar-refractivity contribution in [3.05, 3.63) is 16.8 Å². The number of carboxylic acids is 1. The molecule has 21 heavy (non-hydrogen) atoms. The highest BCUT2D eigenvalue weighted by Gasteiger charge is 2.28. The molecule has 0 spiro atoms. The van der Waals surface area contributed by atoms with Crippen LogP contribution >= 0.6 is 0 Å². The van der Waals surface area contributed by atoms with Crippen LogP contribution in [0.4, 0.5) is 5.82 Å². The standard InChI is InChI=1S/C16H25N3O2/c1-5-12-6-8-13(9-7-12)19(4)15-14(16(20)21)10(2)11(3)17-18-15/h12-13H,5-9H2,1-4H3,(H,20,21). The summed E-state index contributed by atoms with van der Waals surface area (Å²) in [5.41, 5.74) is 1.68. The van der Waals surface area contributed by atoms with Crippen LogP contribution in [0, 0.1) is 19.8 Å². The second kappa shape index (κ2) is 6.41. The number of anilines is 1. The van der Waals surface area contributed by atoms with Gasteiger partial charge in [0, 0.05) is 13.1 Å². The van der Waals surface area contributed by atoms with E-state index in [0.29, 0.717) is 28.7 Å². The van der Waals surface area contributed by atoms with Gasteiger partial charge in [0.25, 0.3) is 0 Å². The summed E-state index contributed by atoms with van der Waals surface area (Å²) >= 11 is 0. The number of aromatic nitrogens is 2. The molecule has 5 nitrogen and oxygen atoms in total. The average molecular weight is 291 g/mol. The molecule has 1 N–H and O–H groups in total. The summed E-state index contributed by atoms with van der Waals surface area (Å²) < 4.78 is 0. The van der Waals surface area contributed by atoms with E-state index in [9.17, 15) is 9.90 Å². The minimum atomic E-state index is -0.922. The third-order valence-electron chi connectivity index (χ3n) is 4.93. The number of carboxylic acid groups (broad SMARTS) is 1. The minimum absolute atomic E-state index is 0.294. The van der Waals surface area contributed by atoms with E-state index >= 15 is 0 Å². The lowest BCUT2D eigenvalue weighted by molar-refractivity contribution is 0.0696. The van der Waals surface area contributed by atoms with Crippen LogP contribution < -0.4 is 4.90 Å². The Labute approximate surface area is 126 Å². The minimum Gasteiger partial charge on any atom is -0.478 e. The molecule has 116 valence electrons. The molecule has 1 heterocycles. The summed E-state index contributed by atoms with van der Waals surface area (Å²) in [6.07, 6.45) is 5.87. The lowest BCUT2D eigenvalue weighted by Gasteiger charge is -2.35. The molecule has 1 aromatic heterocycles. The summed E-state index contributed by atoms with van der Waals surface area (Å²) in [6.45, 7) is 5.84. The molecule has 0 saturated heterocycles. The van der Waals surface area contributed by atoms with Crippen LogP contribution in [-0.4, -0.2) is 34.4 Å². The number of aryl methyl sites for hydroxylation is 1. The first-order valence-electron chi connectivity index (χ1n) is 7.75. The van der Waals surface area contributed by atoms with Gasteiger partial charge in [0.2, 0.25) is 0 Å². The number of hydrogen-bond acceptors (Lipinski definition) is 4. The summed E-state index contributed by atoms with van der Waals surface area (Å²) in [7, 11) is 1.95. The van der Waals surface area contributed by atoms with Gasteiger partial charge in [-0.2, -0.15) is 5.10 Å². The fourth-order valence-corrected chi connectivity index (χ4v) is 3.21. The number of nitrogens with zero attached hydrogens (tertiary/aromatic N) is 3. The van der Waals surface area contributed by atoms with Crippen molar-refractivity contribution in [2.24, 2.45) is 5.92 Å². The van der Waals surface area contributed by atoms with E-state index in [1.807, 2.05) is 11.9 Å². The van der Waals surface area contributed by atoms with E-state index in [1.54, 1.807) is 13.8 Å². The van der Waals surface area contributed by atoms with Crippen LogP contribution in [0.5, 0.6) is 0 Å². The summed E-state index contributed by atoms with van der Waals surface area (Å²) in [6, 6.07) is 0.363. The average Bonchev–Trinajstić information content (AvgIpc) is 2.48. The van der Waals surface area contributed by atoms with Gasteiger partial charge >= 0.3 is 5.97 Å². The van der Waals surface area contributed by atoms with E-state index in [1.165, 1.54) is 19.3 Å². The second-order valence-electron chi connectivity index (χ2n) is 6.11. The van der Waals surface area contributed by atoms with Crippen LogP contribution in [0.3, 0.4) is 0 Å². The molecule has 0 bridgehead atoms. The predicted octanol–water partition coefficient (Wildman–Crippen LogP) is 3.20. The molecule has 1 aromatic rings. The highest BCUT2D eigenvalue weighted by molar-refractivity contribution is 5.95. The highest BCUT2D eigenvalue weighted by Crippen LogP contribution is 2.32. The molecule has 0 atom stereocenters. The largest absolute Gasteiger partial charge is 0.478 e. The molecule has 5 heteroatoms. The zero-order valence-corrected chi connectivity index (χ0v) is 13.4. The van der Waals surface area contributed by atoms with Gasteiger partial charge in [-0.05, 0) is 51.0 Å². The molecule has 1 fully saturated rings. The van der Waals surface area contributed by atoms with E-state index in [4.69, 9.17) is 0 Å². The van der Waals surface area contributed by atoms with Crippen molar-refractivity contribution in [1.29, 1.82) is 0 Å². The van der Waals surface area contributed by atoms with Crippen molar-refractivity contribution in [1.82, 2.24) is 10.2 Å². The van der Waals surface area contributed by atoms with Gasteiger partial charge in [0.15, 0.2) is 5.82 Å². The van der Waals surface area contributed by atoms with Crippen molar-refractivity contribution < 1.29 is 9.90 Å². The van der Waals surface area contributed by atoms with Gasteiger partial charge in [0.1, 0.15) is 5.56 Å². The van der Waals surface area contributed by atoms with Gasteiger partial charge in [-0.1, -0.05) is 13.3 Å². The molecule has 0 unspecified atom stereocenters. The third kappa shape index (κ3) is 3.17. The number of carbonyl (C=O) groups is 1. The third-order valence-corrected chi connectivity index (χ3v) is 4.93. The monoisotopic (exact) mass is 291 g/mol. The van der Waals surface area contributed by atoms with Gasteiger partial charge in [-0.25, -0.2) is 4.79 Å². The molecule has 0 aromatic carbocycles. The second-order valence-corrected chi connectivity index (χ2v) is 6.11. The quantitative estimate of drug-likeness (QED) is 0.922. The zero-order chi connectivity index (χ0) is 15.6. The Morgan fingerprint density at radius 3 is 2.38 bits per heavy atom. The number of aromatic carboxylic acids is 1. The smallest absolute Gasteiger partial charge is 0.339 e. The van der Waals surface area contributed by atoms with Crippen molar-refractivity contribution in [2.75, 3.05) is 11.9 Å². The van der Waals surface area contributed by atoms with Gasteiger partial charge in [0.05, 0.1) is 5.69 Å². The fraction of sp³-hybridized carbons (Fsp3) is 0.688. The topological polar surface area (TPSA) is 66.3 Å². The van der Waals surface area contributed by atoms with E-state index in [0.717, 1.165) is 18.8 Å². The molecular weight excluding hydrogens is 266 g/mol. The van der Waals surface area contributed by atoms with Crippen LogP contribution in [0.15, 0.2) is 0 Å². The molecule has 2 rings (SSSR count). The van der Waals surface area contributed by atoms with Gasteiger partial charge in [-0.15, -0.1) is 5.10 Å². The van der Waals surface area contributed by atoms with Crippen LogP contribution in [0.1, 0.15) is 60.6 Å². The molecule has 0 aliphatic heterocycles. The maximum atomic E-state index is 11.6. The van der Waals surface area contributed by atoms with Crippen LogP contribution in [0.25, 0.3) is 0 Å². The summed E-state index contributed by atoms with van der Waals surface area (Å²) in [5.74, 6) is 0.402. The number of rotatable bonds is 4. The lowest BCUT2D eigenvalue weighted by Crippen LogP contribution is -2.37. The Balaban J connectivity index is 2.25. The fourth-order valence-electron chi connectivity index (χ4n) is 3.21. The molecular formula is C16H25N3O2. The van der Waals surface area contributed by atoms with Crippen molar-refractivity contribution in [3.8, 4) is 0 Å². The van der Waals surface area contributed by atoms with Crippen LogP contribution in [0.2, 0.25) is 0 Å². The van der Waals surface area contributed by atoms with Crippen molar-refractivity contribution >= 4 is 11.8 Å². The normalized spacial score (nSPS) is 22.1. The van der Waals surface area contributed by atoms with E-state index in [2.05, 4.69) is 17.1 Å². The molecule has 0 radical (unpaired) electrons.